The predicted molar refractivity (Wildman–Crippen MR) is 52.5 cm³/mol. The number of hydrogen-bond acceptors (Lipinski definition) is 2. The van der Waals surface area contributed by atoms with Gasteiger partial charge in [-0.25, -0.2) is 0 Å². The van der Waals surface area contributed by atoms with E-state index in [-0.39, 0.29) is 0 Å². The first kappa shape index (κ1) is 9.29. The van der Waals surface area contributed by atoms with Crippen LogP contribution in [0, 0.1) is 6.92 Å². The van der Waals surface area contributed by atoms with Crippen LogP contribution in [0.5, 0.6) is 5.75 Å². The largest absolute Gasteiger partial charge is 0.496 e. The molecule has 0 aliphatic heterocycles. The van der Waals surface area contributed by atoms with Crippen LogP contribution in [-0.2, 0) is 11.0 Å². The van der Waals surface area contributed by atoms with Crippen molar-refractivity contribution in [2.75, 3.05) is 7.11 Å². The van der Waals surface area contributed by atoms with Gasteiger partial charge in [-0.15, -0.1) is 0 Å². The number of methoxy groups -OCH3 is 1. The monoisotopic (exact) mass is 182 g/mol. The lowest BCUT2D eigenvalue weighted by Gasteiger charge is -2.09. The molecule has 0 saturated carbocycles. The number of rotatable bonds is 3. The Morgan fingerprint density at radius 3 is 2.75 bits per heavy atom. The highest BCUT2D eigenvalue weighted by Crippen LogP contribution is 2.22. The van der Waals surface area contributed by atoms with Crippen LogP contribution in [-0.4, -0.2) is 17.6 Å². The molecular weight excluding hydrogens is 168 g/mol. The van der Waals surface area contributed by atoms with Gasteiger partial charge in [0.05, 0.1) is 13.7 Å². The average molecular weight is 182 g/mol. The minimum Gasteiger partial charge on any atom is -0.496 e. The third-order valence-electron chi connectivity index (χ3n) is 1.80. The maximum Gasteiger partial charge on any atom is 0.146 e. The number of benzene rings is 1. The second-order valence-corrected chi connectivity index (χ2v) is 3.28. The van der Waals surface area contributed by atoms with Gasteiger partial charge in [0.2, 0.25) is 0 Å². The van der Waals surface area contributed by atoms with E-state index in [1.165, 1.54) is 0 Å². The fourth-order valence-corrected chi connectivity index (χ4v) is 1.59. The highest BCUT2D eigenvalue weighted by Gasteiger charge is 2.03. The molecule has 66 valence electrons. The second kappa shape index (κ2) is 4.28. The molecule has 0 radical (unpaired) electrons. The van der Waals surface area contributed by atoms with Gasteiger partial charge in [-0.2, -0.15) is 0 Å². The van der Waals surface area contributed by atoms with Crippen molar-refractivity contribution in [3.8, 4) is 5.75 Å². The number of aryl methyl sites for hydroxylation is 1. The van der Waals surface area contributed by atoms with Gasteiger partial charge >= 0.3 is 0 Å². The average Bonchev–Trinajstić information content (AvgIpc) is 2.05. The SMILES string of the molecule is COc1c(C)cccc1CO[SiH3]. The Kier molecular flexibility index (Phi) is 3.31. The van der Waals surface area contributed by atoms with Crippen LogP contribution in [0.1, 0.15) is 11.1 Å². The molecule has 2 nitrogen and oxygen atoms in total. The molecule has 0 amide bonds. The Morgan fingerprint density at radius 2 is 2.17 bits per heavy atom. The quantitative estimate of drug-likeness (QED) is 0.644. The first-order valence-electron chi connectivity index (χ1n) is 3.91. The van der Waals surface area contributed by atoms with E-state index in [4.69, 9.17) is 9.16 Å². The summed E-state index contributed by atoms with van der Waals surface area (Å²) >= 11 is 0. The predicted octanol–water partition coefficient (Wildman–Crippen LogP) is 0.801. The highest BCUT2D eigenvalue weighted by molar-refractivity contribution is 5.97. The normalized spacial score (nSPS) is 10.2. The van der Waals surface area contributed by atoms with Crippen molar-refractivity contribution in [2.24, 2.45) is 0 Å². The summed E-state index contributed by atoms with van der Waals surface area (Å²) in [5.41, 5.74) is 2.29. The Balaban J connectivity index is 3.00. The van der Waals surface area contributed by atoms with Crippen molar-refractivity contribution in [3.05, 3.63) is 29.3 Å². The summed E-state index contributed by atoms with van der Waals surface area (Å²) in [6, 6.07) is 6.09. The molecular formula is C9H14O2Si. The molecule has 12 heavy (non-hydrogen) atoms. The lowest BCUT2D eigenvalue weighted by atomic mass is 10.1. The molecule has 0 heterocycles. The Morgan fingerprint density at radius 1 is 1.42 bits per heavy atom. The van der Waals surface area contributed by atoms with Gasteiger partial charge in [0.25, 0.3) is 0 Å². The van der Waals surface area contributed by atoms with Crippen LogP contribution in [0.3, 0.4) is 0 Å². The zero-order valence-corrected chi connectivity index (χ0v) is 9.76. The van der Waals surface area contributed by atoms with Crippen LogP contribution < -0.4 is 4.74 Å². The van der Waals surface area contributed by atoms with Gasteiger partial charge in [0.15, 0.2) is 0 Å². The molecule has 0 saturated heterocycles. The molecule has 0 atom stereocenters. The number of ether oxygens (including phenoxy) is 1. The van der Waals surface area contributed by atoms with Crippen LogP contribution >= 0.6 is 0 Å². The van der Waals surface area contributed by atoms with Crippen molar-refractivity contribution in [3.63, 3.8) is 0 Å². The highest BCUT2D eigenvalue weighted by atomic mass is 28.2. The lowest BCUT2D eigenvalue weighted by Crippen LogP contribution is -1.96. The van der Waals surface area contributed by atoms with Crippen molar-refractivity contribution in [1.29, 1.82) is 0 Å². The molecule has 0 fully saturated rings. The minimum absolute atomic E-state index is 0.664. The summed E-state index contributed by atoms with van der Waals surface area (Å²) < 4.78 is 10.4. The fraction of sp³-hybridized carbons (Fsp3) is 0.333. The van der Waals surface area contributed by atoms with Crippen molar-refractivity contribution in [2.45, 2.75) is 13.5 Å². The summed E-state index contributed by atoms with van der Waals surface area (Å²) in [6.45, 7) is 2.70. The minimum atomic E-state index is 0.664. The van der Waals surface area contributed by atoms with Gasteiger partial charge in [0, 0.05) is 5.56 Å². The second-order valence-electron chi connectivity index (χ2n) is 2.70. The van der Waals surface area contributed by atoms with E-state index in [1.54, 1.807) is 7.11 Å². The Labute approximate surface area is 76.0 Å². The standard InChI is InChI=1S/C9H14O2Si/c1-7-4-3-5-8(6-11-12)9(7)10-2/h3-5H,6H2,1-2,12H3. The third kappa shape index (κ3) is 1.87. The van der Waals surface area contributed by atoms with Crippen LogP contribution in [0.2, 0.25) is 0 Å². The summed E-state index contributed by atoms with van der Waals surface area (Å²) in [4.78, 5) is 0. The Hall–Kier alpha value is -0.803. The number of hydrogen-bond donors (Lipinski definition) is 0. The molecule has 1 aromatic rings. The summed E-state index contributed by atoms with van der Waals surface area (Å²) in [5.74, 6) is 0.952. The maximum absolute atomic E-state index is 5.26. The first-order chi connectivity index (χ1) is 5.79. The molecule has 0 aromatic heterocycles. The molecule has 3 heteroatoms. The van der Waals surface area contributed by atoms with Crippen molar-refractivity contribution < 1.29 is 9.16 Å². The molecule has 0 aliphatic rings. The van der Waals surface area contributed by atoms with Gasteiger partial charge in [-0.05, 0) is 12.5 Å². The topological polar surface area (TPSA) is 18.5 Å². The van der Waals surface area contributed by atoms with E-state index in [9.17, 15) is 0 Å². The number of para-hydroxylation sites is 1. The van der Waals surface area contributed by atoms with Crippen molar-refractivity contribution >= 4 is 10.5 Å². The smallest absolute Gasteiger partial charge is 0.146 e. The van der Waals surface area contributed by atoms with E-state index in [1.807, 2.05) is 25.1 Å². The maximum atomic E-state index is 5.26. The van der Waals surface area contributed by atoms with Crippen LogP contribution in [0.15, 0.2) is 18.2 Å². The third-order valence-corrected chi connectivity index (χ3v) is 2.09. The molecule has 0 spiro atoms. The van der Waals surface area contributed by atoms with E-state index < -0.39 is 0 Å². The summed E-state index contributed by atoms with van der Waals surface area (Å²) in [5, 5.41) is 0. The van der Waals surface area contributed by atoms with E-state index in [0.717, 1.165) is 27.4 Å². The van der Waals surface area contributed by atoms with E-state index in [2.05, 4.69) is 0 Å². The summed E-state index contributed by atoms with van der Waals surface area (Å²) in [6.07, 6.45) is 0. The van der Waals surface area contributed by atoms with E-state index >= 15 is 0 Å². The molecule has 0 unspecified atom stereocenters. The van der Waals surface area contributed by atoms with E-state index in [0.29, 0.717) is 6.61 Å². The lowest BCUT2D eigenvalue weighted by molar-refractivity contribution is 0.323. The van der Waals surface area contributed by atoms with Crippen LogP contribution in [0.25, 0.3) is 0 Å². The zero-order valence-electron chi connectivity index (χ0n) is 7.76. The van der Waals surface area contributed by atoms with Gasteiger partial charge < -0.3 is 9.16 Å². The van der Waals surface area contributed by atoms with Gasteiger partial charge in [-0.1, -0.05) is 18.2 Å². The van der Waals surface area contributed by atoms with Crippen molar-refractivity contribution in [1.82, 2.24) is 0 Å². The molecule has 1 rings (SSSR count). The molecule has 0 N–H and O–H groups in total. The van der Waals surface area contributed by atoms with Gasteiger partial charge in [-0.3, -0.25) is 0 Å². The first-order valence-corrected chi connectivity index (χ1v) is 4.72. The zero-order chi connectivity index (χ0) is 8.97. The Bertz CT molecular complexity index is 261. The molecule has 1 aromatic carbocycles. The molecule has 0 bridgehead atoms. The fourth-order valence-electron chi connectivity index (χ4n) is 1.27. The summed E-state index contributed by atoms with van der Waals surface area (Å²) in [7, 11) is 2.46. The van der Waals surface area contributed by atoms with Crippen LogP contribution in [0.4, 0.5) is 0 Å². The van der Waals surface area contributed by atoms with Gasteiger partial charge in [0.1, 0.15) is 16.2 Å². The molecule has 0 aliphatic carbocycles.